The number of rotatable bonds is 19. The summed E-state index contributed by atoms with van der Waals surface area (Å²) in [5.74, 6) is -2.19. The molecule has 1 fully saturated rings. The Kier molecular flexibility index (Phi) is 17.2. The third kappa shape index (κ3) is 12.7. The smallest absolute Gasteiger partial charge is 0.308 e. The van der Waals surface area contributed by atoms with E-state index in [0.29, 0.717) is 24.3 Å². The third-order valence-corrected chi connectivity index (χ3v) is 10.7. The molecule has 1 aromatic carbocycles. The lowest BCUT2D eigenvalue weighted by atomic mass is 9.92. The van der Waals surface area contributed by atoms with E-state index in [-0.39, 0.29) is 66.5 Å². The minimum absolute atomic E-state index is 0.0387. The number of nitrogens with one attached hydrogen (secondary N) is 3. The summed E-state index contributed by atoms with van der Waals surface area (Å²) in [6.45, 7) is 13.9. The number of hydrogen-bond donors (Lipinski definition) is 3. The molecular weight excluding hydrogens is 683 g/mol. The van der Waals surface area contributed by atoms with Crippen molar-refractivity contribution in [1.29, 1.82) is 0 Å². The van der Waals surface area contributed by atoms with Crippen LogP contribution in [0.1, 0.15) is 114 Å². The van der Waals surface area contributed by atoms with Gasteiger partial charge in [-0.25, -0.2) is 4.98 Å². The lowest BCUT2D eigenvalue weighted by Crippen LogP contribution is -2.57. The highest BCUT2D eigenvalue weighted by Crippen LogP contribution is 2.31. The molecule has 1 saturated heterocycles. The highest BCUT2D eigenvalue weighted by atomic mass is 32.1. The predicted molar refractivity (Wildman–Crippen MR) is 201 cm³/mol. The van der Waals surface area contributed by atoms with Crippen LogP contribution in [0.4, 0.5) is 0 Å². The first-order valence-electron chi connectivity index (χ1n) is 18.7. The Bertz CT molecular complexity index is 1460. The van der Waals surface area contributed by atoms with Crippen molar-refractivity contribution in [2.24, 2.45) is 17.8 Å². The minimum atomic E-state index is -0.821. The SMILES string of the molecule is CCOC(=O)[C@@H](C)C[C@H](Cc1ccccc1)NC(=O)c1csc([C@@H](C[C@H](C(C)C)N(C)C(=O)[C@@H](NC(=O)[C@H]2CCCCN2)[C@@H](C)CC)OC(C)=O)n1. The summed E-state index contributed by atoms with van der Waals surface area (Å²) >= 11 is 1.21. The number of ether oxygens (including phenoxy) is 2. The van der Waals surface area contributed by atoms with E-state index >= 15 is 0 Å². The lowest BCUT2D eigenvalue weighted by Gasteiger charge is -2.37. The molecule has 1 aliphatic heterocycles. The van der Waals surface area contributed by atoms with Gasteiger partial charge in [-0.2, -0.15) is 0 Å². The molecule has 0 saturated carbocycles. The first-order valence-corrected chi connectivity index (χ1v) is 19.6. The van der Waals surface area contributed by atoms with Gasteiger partial charge in [0.2, 0.25) is 11.8 Å². The zero-order valence-electron chi connectivity index (χ0n) is 32.1. The molecule has 2 aromatic rings. The Morgan fingerprint density at radius 3 is 2.33 bits per heavy atom. The summed E-state index contributed by atoms with van der Waals surface area (Å²) in [4.78, 5) is 72.0. The van der Waals surface area contributed by atoms with Gasteiger partial charge < -0.3 is 30.3 Å². The van der Waals surface area contributed by atoms with Gasteiger partial charge in [0.1, 0.15) is 16.7 Å². The third-order valence-electron chi connectivity index (χ3n) is 9.80. The van der Waals surface area contributed by atoms with Crippen LogP contribution >= 0.6 is 11.3 Å². The minimum Gasteiger partial charge on any atom is -0.466 e. The van der Waals surface area contributed by atoms with Crippen LogP contribution in [0.5, 0.6) is 0 Å². The number of thiazole rings is 1. The number of likely N-dealkylation sites (N-methyl/N-ethyl adjacent to an activating group) is 1. The molecule has 2 heterocycles. The Labute approximate surface area is 313 Å². The molecule has 288 valence electrons. The van der Waals surface area contributed by atoms with Crippen LogP contribution in [0.25, 0.3) is 0 Å². The first-order chi connectivity index (χ1) is 24.7. The van der Waals surface area contributed by atoms with Gasteiger partial charge in [-0.1, -0.05) is 77.8 Å². The van der Waals surface area contributed by atoms with Crippen molar-refractivity contribution in [3.63, 3.8) is 0 Å². The summed E-state index contributed by atoms with van der Waals surface area (Å²) < 4.78 is 11.0. The van der Waals surface area contributed by atoms with Crippen molar-refractivity contribution >= 4 is 41.0 Å². The maximum absolute atomic E-state index is 14.1. The number of aromatic nitrogens is 1. The van der Waals surface area contributed by atoms with Crippen molar-refractivity contribution < 1.29 is 33.4 Å². The second-order valence-electron chi connectivity index (χ2n) is 14.3. The Balaban J connectivity index is 1.80. The number of benzene rings is 1. The Morgan fingerprint density at radius 2 is 1.73 bits per heavy atom. The summed E-state index contributed by atoms with van der Waals surface area (Å²) in [7, 11) is 1.73. The van der Waals surface area contributed by atoms with E-state index in [0.717, 1.165) is 31.4 Å². The number of hydrogen-bond acceptors (Lipinski definition) is 10. The van der Waals surface area contributed by atoms with Crippen LogP contribution in [0.15, 0.2) is 35.7 Å². The quantitative estimate of drug-likeness (QED) is 0.164. The molecular formula is C39H59N5O7S. The second kappa shape index (κ2) is 21.0. The molecule has 1 aromatic heterocycles. The molecule has 3 rings (SSSR count). The average molecular weight is 742 g/mol. The van der Waals surface area contributed by atoms with Crippen molar-refractivity contribution in [2.45, 2.75) is 124 Å². The van der Waals surface area contributed by atoms with Crippen molar-refractivity contribution in [2.75, 3.05) is 20.2 Å². The van der Waals surface area contributed by atoms with E-state index in [1.165, 1.54) is 18.3 Å². The van der Waals surface area contributed by atoms with Crippen LogP contribution in [0.3, 0.4) is 0 Å². The van der Waals surface area contributed by atoms with Gasteiger partial charge in [0.25, 0.3) is 5.91 Å². The van der Waals surface area contributed by atoms with E-state index < -0.39 is 29.9 Å². The normalized spacial score (nSPS) is 17.9. The fraction of sp³-hybridized carbons (Fsp3) is 0.641. The first kappa shape index (κ1) is 42.6. The highest BCUT2D eigenvalue weighted by molar-refractivity contribution is 7.09. The second-order valence-corrected chi connectivity index (χ2v) is 15.2. The molecule has 0 bridgehead atoms. The predicted octanol–water partition coefficient (Wildman–Crippen LogP) is 5.22. The molecule has 0 radical (unpaired) electrons. The van der Waals surface area contributed by atoms with E-state index in [2.05, 4.69) is 20.9 Å². The largest absolute Gasteiger partial charge is 0.466 e. The van der Waals surface area contributed by atoms with Crippen LogP contribution in [0.2, 0.25) is 0 Å². The molecule has 0 aliphatic carbocycles. The Morgan fingerprint density at radius 1 is 1.02 bits per heavy atom. The highest BCUT2D eigenvalue weighted by Gasteiger charge is 2.36. The van der Waals surface area contributed by atoms with E-state index in [1.807, 2.05) is 58.0 Å². The summed E-state index contributed by atoms with van der Waals surface area (Å²) in [6.07, 6.45) is 3.72. The van der Waals surface area contributed by atoms with Gasteiger partial charge in [0.15, 0.2) is 6.10 Å². The topological polar surface area (TPSA) is 156 Å². The monoisotopic (exact) mass is 741 g/mol. The molecule has 1 aliphatic rings. The fourth-order valence-electron chi connectivity index (χ4n) is 6.59. The van der Waals surface area contributed by atoms with Crippen molar-refractivity contribution in [1.82, 2.24) is 25.8 Å². The van der Waals surface area contributed by atoms with Crippen molar-refractivity contribution in [3.8, 4) is 0 Å². The van der Waals surface area contributed by atoms with Gasteiger partial charge in [-0.3, -0.25) is 24.0 Å². The molecule has 0 spiro atoms. The van der Waals surface area contributed by atoms with Crippen LogP contribution in [-0.2, 0) is 35.1 Å². The van der Waals surface area contributed by atoms with E-state index in [4.69, 9.17) is 9.47 Å². The fourth-order valence-corrected chi connectivity index (χ4v) is 7.43. The molecule has 3 amide bonds. The number of carbonyl (C=O) groups excluding carboxylic acids is 5. The lowest BCUT2D eigenvalue weighted by molar-refractivity contribution is -0.149. The van der Waals surface area contributed by atoms with Gasteiger partial charge in [0, 0.05) is 37.9 Å². The molecule has 0 unspecified atom stereocenters. The summed E-state index contributed by atoms with van der Waals surface area (Å²) in [5, 5.41) is 11.4. The maximum atomic E-state index is 14.1. The van der Waals surface area contributed by atoms with Crippen LogP contribution in [0, 0.1) is 17.8 Å². The number of nitrogens with zero attached hydrogens (tertiary/aromatic N) is 2. The van der Waals surface area contributed by atoms with Gasteiger partial charge in [0.05, 0.1) is 18.6 Å². The van der Waals surface area contributed by atoms with E-state index in [1.54, 1.807) is 31.2 Å². The Hall–Kier alpha value is -3.84. The van der Waals surface area contributed by atoms with Crippen LogP contribution < -0.4 is 16.0 Å². The number of carbonyl (C=O) groups is 5. The summed E-state index contributed by atoms with van der Waals surface area (Å²) in [6, 6.07) is 7.92. The number of amides is 3. The maximum Gasteiger partial charge on any atom is 0.308 e. The molecule has 12 nitrogen and oxygen atoms in total. The number of piperidine rings is 1. The molecule has 52 heavy (non-hydrogen) atoms. The zero-order valence-corrected chi connectivity index (χ0v) is 32.9. The van der Waals surface area contributed by atoms with Gasteiger partial charge in [-0.05, 0) is 56.6 Å². The standard InChI is InChI=1S/C39H59N5O7S/c1-9-25(5)34(43-35(46)30-18-14-15-19-40-30)38(48)44(8)32(24(3)4)22-33(51-27(7)45)37-42-31(23-52-37)36(47)41-29(20-26(6)39(49)50-10-2)21-28-16-12-11-13-17-28/h11-13,16-17,23-26,29-30,32-34,40H,9-10,14-15,18-22H2,1-8H3,(H,41,47)(H,43,46)/t25-,26-,29+,30+,32+,33+,34-/m0/s1. The number of esters is 2. The van der Waals surface area contributed by atoms with Gasteiger partial charge in [-0.15, -0.1) is 11.3 Å². The molecule has 13 heteroatoms. The summed E-state index contributed by atoms with van der Waals surface area (Å²) in [5.41, 5.74) is 1.18. The molecule has 7 atom stereocenters. The molecule has 3 N–H and O–H groups in total. The average Bonchev–Trinajstić information content (AvgIpc) is 3.62. The van der Waals surface area contributed by atoms with Crippen molar-refractivity contribution in [3.05, 3.63) is 52.0 Å². The van der Waals surface area contributed by atoms with Crippen LogP contribution in [-0.4, -0.2) is 83.9 Å². The van der Waals surface area contributed by atoms with E-state index in [9.17, 15) is 24.0 Å². The van der Waals surface area contributed by atoms with Gasteiger partial charge >= 0.3 is 11.9 Å². The zero-order chi connectivity index (χ0) is 38.4.